The van der Waals surface area contributed by atoms with E-state index in [1.807, 2.05) is 52.9 Å². The molecule has 0 aliphatic rings. The molecule has 0 amide bonds. The minimum atomic E-state index is -1.03. The summed E-state index contributed by atoms with van der Waals surface area (Å²) in [4.78, 5) is 0. The predicted octanol–water partition coefficient (Wildman–Crippen LogP) is 2.29. The van der Waals surface area contributed by atoms with E-state index >= 15 is 0 Å². The fourth-order valence-electron chi connectivity index (χ4n) is 0.927. The quantitative estimate of drug-likeness (QED) is 0.614. The number of hydrogen-bond donors (Lipinski definition) is 1. The molecule has 1 unspecified atom stereocenters. The zero-order chi connectivity index (χ0) is 9.03. The van der Waals surface area contributed by atoms with Gasteiger partial charge in [0.25, 0.3) is 0 Å². The second kappa shape index (κ2) is 3.92. The molecule has 0 aliphatic carbocycles. The van der Waals surface area contributed by atoms with Gasteiger partial charge in [-0.1, -0.05) is 36.3 Å². The van der Waals surface area contributed by atoms with Crippen molar-refractivity contribution < 1.29 is 5.11 Å². The van der Waals surface area contributed by atoms with E-state index in [2.05, 4.69) is 9.85 Å². The van der Waals surface area contributed by atoms with E-state index in [-0.39, 0.29) is 0 Å². The molecule has 1 atom stereocenters. The molecule has 0 aliphatic heterocycles. The van der Waals surface area contributed by atoms with Crippen molar-refractivity contribution in [2.75, 3.05) is 0 Å². The van der Waals surface area contributed by atoms with Gasteiger partial charge < -0.3 is 5.11 Å². The minimum Gasteiger partial charge on any atom is -0.374 e. The van der Waals surface area contributed by atoms with Gasteiger partial charge in [-0.05, 0) is 16.4 Å². The molecular weight excluding hydrogens is 263 g/mol. The molecule has 2 heteroatoms. The Bertz CT molecular complexity index is 306. The van der Waals surface area contributed by atoms with Crippen LogP contribution in [0.15, 0.2) is 30.3 Å². The Morgan fingerprint density at radius 2 is 1.92 bits per heavy atom. The molecule has 0 heterocycles. The van der Waals surface area contributed by atoms with Crippen LogP contribution in [0.1, 0.15) is 12.5 Å². The number of benzene rings is 1. The van der Waals surface area contributed by atoms with Gasteiger partial charge >= 0.3 is 0 Å². The molecule has 0 fully saturated rings. The Labute approximate surface area is 85.9 Å². The van der Waals surface area contributed by atoms with Gasteiger partial charge in [-0.15, -0.1) is 0 Å². The molecule has 1 aromatic carbocycles. The zero-order valence-corrected chi connectivity index (χ0v) is 8.87. The van der Waals surface area contributed by atoms with Gasteiger partial charge in [0, 0.05) is 22.6 Å². The average molecular weight is 272 g/mol. The molecule has 62 valence electrons. The summed E-state index contributed by atoms with van der Waals surface area (Å²) in [5.74, 6) is 2.73. The van der Waals surface area contributed by atoms with Crippen molar-refractivity contribution in [3.63, 3.8) is 0 Å². The summed E-state index contributed by atoms with van der Waals surface area (Å²) in [6, 6.07) is 9.41. The largest absolute Gasteiger partial charge is 0.374 e. The highest BCUT2D eigenvalue weighted by molar-refractivity contribution is 14.1. The summed E-state index contributed by atoms with van der Waals surface area (Å²) in [5, 5.41) is 9.81. The lowest BCUT2D eigenvalue weighted by Crippen LogP contribution is -2.17. The van der Waals surface area contributed by atoms with Crippen molar-refractivity contribution in [3.05, 3.63) is 35.9 Å². The lowest BCUT2D eigenvalue weighted by atomic mass is 9.97. The maximum absolute atomic E-state index is 9.81. The molecule has 0 spiro atoms. The Kier molecular flexibility index (Phi) is 3.12. The maximum Gasteiger partial charge on any atom is 0.148 e. The molecule has 12 heavy (non-hydrogen) atoms. The van der Waals surface area contributed by atoms with Crippen molar-refractivity contribution in [2.24, 2.45) is 0 Å². The van der Waals surface area contributed by atoms with Gasteiger partial charge in [-0.2, -0.15) is 0 Å². The Hall–Kier alpha value is -0.530. The lowest BCUT2D eigenvalue weighted by Gasteiger charge is -2.15. The average Bonchev–Trinajstić information content (AvgIpc) is 2.06. The van der Waals surface area contributed by atoms with Crippen molar-refractivity contribution >= 4 is 22.6 Å². The van der Waals surface area contributed by atoms with Gasteiger partial charge in [0.1, 0.15) is 5.60 Å². The second-order valence-electron chi connectivity index (χ2n) is 2.66. The van der Waals surface area contributed by atoms with Crippen molar-refractivity contribution in [3.8, 4) is 9.85 Å². The Morgan fingerprint density at radius 1 is 1.33 bits per heavy atom. The van der Waals surface area contributed by atoms with Crippen LogP contribution in [0.2, 0.25) is 0 Å². The van der Waals surface area contributed by atoms with Crippen molar-refractivity contribution in [2.45, 2.75) is 12.5 Å². The fraction of sp³-hybridized carbons (Fsp3) is 0.200. The van der Waals surface area contributed by atoms with E-state index in [1.54, 1.807) is 6.92 Å². The maximum atomic E-state index is 9.81. The Morgan fingerprint density at radius 3 is 2.42 bits per heavy atom. The molecule has 1 aromatic rings. The number of halogens is 1. The highest BCUT2D eigenvalue weighted by Crippen LogP contribution is 2.18. The van der Waals surface area contributed by atoms with E-state index in [9.17, 15) is 5.11 Å². The van der Waals surface area contributed by atoms with Crippen molar-refractivity contribution in [1.29, 1.82) is 0 Å². The molecule has 0 saturated carbocycles. The normalized spacial score (nSPS) is 14.2. The second-order valence-corrected chi connectivity index (χ2v) is 3.20. The molecule has 1 N–H and O–H groups in total. The lowest BCUT2D eigenvalue weighted by molar-refractivity contribution is 0.122. The van der Waals surface area contributed by atoms with Crippen LogP contribution >= 0.6 is 22.6 Å². The first-order valence-electron chi connectivity index (χ1n) is 3.57. The highest BCUT2D eigenvalue weighted by atomic mass is 127. The third-order valence-electron chi connectivity index (χ3n) is 1.63. The van der Waals surface area contributed by atoms with E-state index in [0.29, 0.717) is 0 Å². The van der Waals surface area contributed by atoms with Crippen LogP contribution in [0.5, 0.6) is 0 Å². The fourth-order valence-corrected chi connectivity index (χ4v) is 1.45. The van der Waals surface area contributed by atoms with E-state index in [0.717, 1.165) is 5.56 Å². The molecule has 0 saturated heterocycles. The van der Waals surface area contributed by atoms with E-state index in [4.69, 9.17) is 0 Å². The third-order valence-corrected chi connectivity index (χ3v) is 1.90. The summed E-state index contributed by atoms with van der Waals surface area (Å²) >= 11 is 1.92. The smallest absolute Gasteiger partial charge is 0.148 e. The van der Waals surface area contributed by atoms with Crippen LogP contribution in [0, 0.1) is 9.85 Å². The summed E-state index contributed by atoms with van der Waals surface area (Å²) < 4.78 is 2.68. The van der Waals surface area contributed by atoms with E-state index in [1.165, 1.54) is 0 Å². The van der Waals surface area contributed by atoms with Gasteiger partial charge in [-0.25, -0.2) is 0 Å². The first kappa shape index (κ1) is 9.56. The van der Waals surface area contributed by atoms with Gasteiger partial charge in [0.05, 0.1) is 0 Å². The monoisotopic (exact) mass is 272 g/mol. The molecule has 0 radical (unpaired) electrons. The SMILES string of the molecule is CC(O)(C#CI)c1ccccc1. The van der Waals surface area contributed by atoms with E-state index < -0.39 is 5.60 Å². The first-order valence-corrected chi connectivity index (χ1v) is 4.65. The van der Waals surface area contributed by atoms with Gasteiger partial charge in [-0.3, -0.25) is 0 Å². The number of hydrogen-bond acceptors (Lipinski definition) is 1. The zero-order valence-electron chi connectivity index (χ0n) is 6.71. The topological polar surface area (TPSA) is 20.2 Å². The van der Waals surface area contributed by atoms with Gasteiger partial charge in [0.2, 0.25) is 0 Å². The summed E-state index contributed by atoms with van der Waals surface area (Å²) in [6.07, 6.45) is 0. The molecular formula is C10H9IO. The summed E-state index contributed by atoms with van der Waals surface area (Å²) in [7, 11) is 0. The third kappa shape index (κ3) is 2.23. The predicted molar refractivity (Wildman–Crippen MR) is 57.8 cm³/mol. The minimum absolute atomic E-state index is 0.828. The van der Waals surface area contributed by atoms with Crippen LogP contribution in [-0.4, -0.2) is 5.11 Å². The molecule has 1 nitrogen and oxygen atoms in total. The van der Waals surface area contributed by atoms with Crippen LogP contribution in [0.3, 0.4) is 0 Å². The Balaban J connectivity index is 3.03. The van der Waals surface area contributed by atoms with Crippen LogP contribution in [-0.2, 0) is 5.60 Å². The highest BCUT2D eigenvalue weighted by Gasteiger charge is 2.18. The number of aliphatic hydroxyl groups is 1. The number of rotatable bonds is 1. The van der Waals surface area contributed by atoms with Crippen LogP contribution < -0.4 is 0 Å². The molecule has 0 aromatic heterocycles. The van der Waals surface area contributed by atoms with Crippen LogP contribution in [0.25, 0.3) is 0 Å². The van der Waals surface area contributed by atoms with Gasteiger partial charge in [0.15, 0.2) is 0 Å². The molecule has 0 bridgehead atoms. The van der Waals surface area contributed by atoms with Crippen LogP contribution in [0.4, 0.5) is 0 Å². The van der Waals surface area contributed by atoms with Crippen molar-refractivity contribution in [1.82, 2.24) is 0 Å². The first-order chi connectivity index (χ1) is 5.67. The summed E-state index contributed by atoms with van der Waals surface area (Å²) in [6.45, 7) is 1.69. The standard InChI is InChI=1S/C10H9IO/c1-10(12,7-8-11)9-5-3-2-4-6-9/h2-6,12H,1H3. The summed E-state index contributed by atoms with van der Waals surface area (Å²) in [5.41, 5.74) is -0.197. The molecule has 1 rings (SSSR count).